The molecule has 0 fully saturated rings. The molecule has 2 aromatic rings. The Morgan fingerprint density at radius 1 is 1.06 bits per heavy atom. The van der Waals surface area contributed by atoms with E-state index in [1.165, 1.54) is 11.1 Å². The largest absolute Gasteiger partial charge is 0.264 e. The molecule has 0 radical (unpaired) electrons. The Morgan fingerprint density at radius 2 is 1.82 bits per heavy atom. The van der Waals surface area contributed by atoms with Gasteiger partial charge in [0.05, 0.1) is 0 Å². The predicted octanol–water partition coefficient (Wildman–Crippen LogP) is 4.81. The molecule has 0 atom stereocenters. The monoisotopic (exact) mass is 289 g/mol. The second-order valence-electron chi connectivity index (χ2n) is 5.22. The van der Waals surface area contributed by atoms with Gasteiger partial charge in [-0.2, -0.15) is 0 Å². The molecule has 0 amide bonds. The number of benzene rings is 1. The Kier molecular flexibility index (Phi) is 3.34. The second kappa shape index (κ2) is 4.61. The molecule has 0 unspecified atom stereocenters. The smallest absolute Gasteiger partial charge is 0.0346 e. The molecule has 1 aromatic carbocycles. The van der Waals surface area contributed by atoms with E-state index in [0.29, 0.717) is 0 Å². The van der Waals surface area contributed by atoms with Gasteiger partial charge in [-0.1, -0.05) is 48.8 Å². The third-order valence-electron chi connectivity index (χ3n) is 2.76. The first-order chi connectivity index (χ1) is 7.97. The summed E-state index contributed by atoms with van der Waals surface area (Å²) in [6.07, 6.45) is 3.69. The van der Waals surface area contributed by atoms with Gasteiger partial charge in [-0.25, -0.2) is 0 Å². The second-order valence-corrected chi connectivity index (χ2v) is 6.14. The van der Waals surface area contributed by atoms with Gasteiger partial charge in [0, 0.05) is 22.4 Å². The summed E-state index contributed by atoms with van der Waals surface area (Å²) in [6.45, 7) is 6.67. The standard InChI is InChI=1S/C15H16BrN/c1-15(2,3)13-7-12(8-14(16)9-13)11-5-4-6-17-10-11/h4-10H,1-3H3. The summed E-state index contributed by atoms with van der Waals surface area (Å²) < 4.78 is 1.11. The maximum Gasteiger partial charge on any atom is 0.0346 e. The van der Waals surface area contributed by atoms with Crippen LogP contribution in [0.5, 0.6) is 0 Å². The summed E-state index contributed by atoms with van der Waals surface area (Å²) in [6, 6.07) is 10.6. The number of nitrogens with zero attached hydrogens (tertiary/aromatic N) is 1. The lowest BCUT2D eigenvalue weighted by Crippen LogP contribution is -2.11. The number of aromatic nitrogens is 1. The van der Waals surface area contributed by atoms with Crippen LogP contribution in [0.1, 0.15) is 26.3 Å². The van der Waals surface area contributed by atoms with Crippen LogP contribution in [0, 0.1) is 0 Å². The van der Waals surface area contributed by atoms with Crippen LogP contribution in [-0.4, -0.2) is 4.98 Å². The van der Waals surface area contributed by atoms with E-state index in [2.05, 4.69) is 66.0 Å². The molecule has 2 heteroatoms. The van der Waals surface area contributed by atoms with Crippen molar-refractivity contribution in [1.29, 1.82) is 0 Å². The first-order valence-corrected chi connectivity index (χ1v) is 6.47. The molecule has 0 aliphatic carbocycles. The van der Waals surface area contributed by atoms with E-state index in [1.54, 1.807) is 6.20 Å². The van der Waals surface area contributed by atoms with Crippen LogP contribution in [-0.2, 0) is 5.41 Å². The molecule has 88 valence electrons. The van der Waals surface area contributed by atoms with Crippen LogP contribution in [0.15, 0.2) is 47.2 Å². The van der Waals surface area contributed by atoms with Gasteiger partial charge in [0.25, 0.3) is 0 Å². The normalized spacial score (nSPS) is 11.5. The molecule has 1 aromatic heterocycles. The summed E-state index contributed by atoms with van der Waals surface area (Å²) in [5.74, 6) is 0. The summed E-state index contributed by atoms with van der Waals surface area (Å²) >= 11 is 3.58. The van der Waals surface area contributed by atoms with Crippen molar-refractivity contribution in [3.63, 3.8) is 0 Å². The number of pyridine rings is 1. The van der Waals surface area contributed by atoms with Gasteiger partial charge in [0.1, 0.15) is 0 Å². The van der Waals surface area contributed by atoms with E-state index in [9.17, 15) is 0 Å². The van der Waals surface area contributed by atoms with Gasteiger partial charge in [-0.3, -0.25) is 4.98 Å². The van der Waals surface area contributed by atoms with E-state index in [0.717, 1.165) is 10.0 Å². The van der Waals surface area contributed by atoms with E-state index in [4.69, 9.17) is 0 Å². The fraction of sp³-hybridized carbons (Fsp3) is 0.267. The van der Waals surface area contributed by atoms with Crippen LogP contribution < -0.4 is 0 Å². The van der Waals surface area contributed by atoms with Crippen LogP contribution in [0.4, 0.5) is 0 Å². The zero-order chi connectivity index (χ0) is 12.5. The zero-order valence-corrected chi connectivity index (χ0v) is 12.0. The predicted molar refractivity (Wildman–Crippen MR) is 76.1 cm³/mol. The molecule has 1 heterocycles. The number of rotatable bonds is 1. The highest BCUT2D eigenvalue weighted by Crippen LogP contribution is 2.30. The third kappa shape index (κ3) is 2.95. The minimum atomic E-state index is 0.154. The maximum absolute atomic E-state index is 4.17. The Morgan fingerprint density at radius 3 is 2.41 bits per heavy atom. The van der Waals surface area contributed by atoms with Crippen molar-refractivity contribution in [3.8, 4) is 11.1 Å². The minimum Gasteiger partial charge on any atom is -0.264 e. The van der Waals surface area contributed by atoms with Crippen molar-refractivity contribution >= 4 is 15.9 Å². The highest BCUT2D eigenvalue weighted by molar-refractivity contribution is 9.10. The molecule has 0 spiro atoms. The van der Waals surface area contributed by atoms with Gasteiger partial charge in [-0.05, 0) is 34.7 Å². The van der Waals surface area contributed by atoms with Crippen LogP contribution >= 0.6 is 15.9 Å². The van der Waals surface area contributed by atoms with Crippen molar-refractivity contribution in [1.82, 2.24) is 4.98 Å². The molecular weight excluding hydrogens is 274 g/mol. The van der Waals surface area contributed by atoms with Crippen molar-refractivity contribution in [2.75, 3.05) is 0 Å². The summed E-state index contributed by atoms with van der Waals surface area (Å²) in [4.78, 5) is 4.17. The molecule has 0 N–H and O–H groups in total. The lowest BCUT2D eigenvalue weighted by Gasteiger charge is -2.20. The minimum absolute atomic E-state index is 0.154. The van der Waals surface area contributed by atoms with Gasteiger partial charge in [-0.15, -0.1) is 0 Å². The van der Waals surface area contributed by atoms with E-state index in [1.807, 2.05) is 12.3 Å². The number of hydrogen-bond acceptors (Lipinski definition) is 1. The Labute approximate surface area is 111 Å². The lowest BCUT2D eigenvalue weighted by molar-refractivity contribution is 0.590. The van der Waals surface area contributed by atoms with Crippen LogP contribution in [0.3, 0.4) is 0 Å². The molecule has 17 heavy (non-hydrogen) atoms. The van der Waals surface area contributed by atoms with Crippen molar-refractivity contribution < 1.29 is 0 Å². The van der Waals surface area contributed by atoms with Gasteiger partial charge >= 0.3 is 0 Å². The van der Waals surface area contributed by atoms with Crippen molar-refractivity contribution in [3.05, 3.63) is 52.8 Å². The van der Waals surface area contributed by atoms with Crippen LogP contribution in [0.25, 0.3) is 11.1 Å². The Balaban J connectivity index is 2.54. The highest BCUT2D eigenvalue weighted by Gasteiger charge is 2.15. The van der Waals surface area contributed by atoms with Gasteiger partial charge < -0.3 is 0 Å². The molecule has 0 bridgehead atoms. The molecule has 0 saturated carbocycles. The molecule has 1 nitrogen and oxygen atoms in total. The first kappa shape index (κ1) is 12.3. The van der Waals surface area contributed by atoms with Gasteiger partial charge in [0.15, 0.2) is 0 Å². The molecule has 0 saturated heterocycles. The third-order valence-corrected chi connectivity index (χ3v) is 3.22. The molecule has 2 rings (SSSR count). The molecular formula is C15H16BrN. The van der Waals surface area contributed by atoms with E-state index < -0.39 is 0 Å². The van der Waals surface area contributed by atoms with E-state index >= 15 is 0 Å². The molecule has 0 aliphatic rings. The fourth-order valence-electron chi connectivity index (χ4n) is 1.72. The zero-order valence-electron chi connectivity index (χ0n) is 10.4. The topological polar surface area (TPSA) is 12.9 Å². The Bertz CT molecular complexity index is 512. The molecule has 0 aliphatic heterocycles. The summed E-state index contributed by atoms with van der Waals surface area (Å²) in [5, 5.41) is 0. The number of hydrogen-bond donors (Lipinski definition) is 0. The van der Waals surface area contributed by atoms with Crippen molar-refractivity contribution in [2.45, 2.75) is 26.2 Å². The van der Waals surface area contributed by atoms with Gasteiger partial charge in [0.2, 0.25) is 0 Å². The highest BCUT2D eigenvalue weighted by atomic mass is 79.9. The lowest BCUT2D eigenvalue weighted by atomic mass is 9.85. The average Bonchev–Trinajstić information content (AvgIpc) is 2.28. The van der Waals surface area contributed by atoms with Crippen LogP contribution in [0.2, 0.25) is 0 Å². The quantitative estimate of drug-likeness (QED) is 0.734. The van der Waals surface area contributed by atoms with E-state index in [-0.39, 0.29) is 5.41 Å². The fourth-order valence-corrected chi connectivity index (χ4v) is 2.22. The number of halogens is 1. The Hall–Kier alpha value is -1.15. The van der Waals surface area contributed by atoms with Crippen molar-refractivity contribution in [2.24, 2.45) is 0 Å². The SMILES string of the molecule is CC(C)(C)c1cc(Br)cc(-c2cccnc2)c1. The average molecular weight is 290 g/mol. The maximum atomic E-state index is 4.17. The summed E-state index contributed by atoms with van der Waals surface area (Å²) in [7, 11) is 0. The summed E-state index contributed by atoms with van der Waals surface area (Å²) in [5.41, 5.74) is 3.84. The first-order valence-electron chi connectivity index (χ1n) is 5.68.